The van der Waals surface area contributed by atoms with Crippen molar-refractivity contribution < 1.29 is 9.21 Å². The van der Waals surface area contributed by atoms with Crippen molar-refractivity contribution in [2.24, 2.45) is 0 Å². The SMILES string of the molecule is O=C1C(Sc2nnc(-c3cccs3)o2)CCN1c1ccccc1Cl. The summed E-state index contributed by atoms with van der Waals surface area (Å²) in [6, 6.07) is 11.2. The van der Waals surface area contributed by atoms with E-state index in [1.54, 1.807) is 11.0 Å². The second-order valence-electron chi connectivity index (χ2n) is 5.19. The molecule has 0 bridgehead atoms. The number of nitrogens with zero attached hydrogens (tertiary/aromatic N) is 3. The minimum atomic E-state index is -0.238. The molecular formula is C16H12ClN3O2S2. The van der Waals surface area contributed by atoms with Gasteiger partial charge in [-0.15, -0.1) is 21.5 Å². The molecule has 1 fully saturated rings. The Bertz CT molecular complexity index is 866. The Balaban J connectivity index is 1.49. The lowest BCUT2D eigenvalue weighted by molar-refractivity contribution is -0.116. The van der Waals surface area contributed by atoms with Crippen LogP contribution in [0, 0.1) is 0 Å². The summed E-state index contributed by atoms with van der Waals surface area (Å²) in [6.45, 7) is 0.631. The molecule has 24 heavy (non-hydrogen) atoms. The zero-order chi connectivity index (χ0) is 16.5. The molecule has 5 nitrogen and oxygen atoms in total. The molecule has 1 aliphatic heterocycles. The van der Waals surface area contributed by atoms with Crippen LogP contribution in [0.5, 0.6) is 0 Å². The molecule has 0 radical (unpaired) electrons. The maximum absolute atomic E-state index is 12.7. The highest BCUT2D eigenvalue weighted by atomic mass is 35.5. The number of hydrogen-bond acceptors (Lipinski definition) is 6. The molecule has 3 aromatic rings. The van der Waals surface area contributed by atoms with Crippen molar-refractivity contribution in [2.45, 2.75) is 16.9 Å². The van der Waals surface area contributed by atoms with E-state index in [9.17, 15) is 4.79 Å². The second kappa shape index (κ2) is 6.58. The van der Waals surface area contributed by atoms with Gasteiger partial charge in [-0.3, -0.25) is 4.79 Å². The molecule has 0 saturated carbocycles. The highest BCUT2D eigenvalue weighted by Crippen LogP contribution is 2.36. The van der Waals surface area contributed by atoms with E-state index in [1.165, 1.54) is 23.1 Å². The topological polar surface area (TPSA) is 59.2 Å². The number of rotatable bonds is 4. The van der Waals surface area contributed by atoms with Crippen molar-refractivity contribution in [1.29, 1.82) is 0 Å². The summed E-state index contributed by atoms with van der Waals surface area (Å²) in [5.74, 6) is 0.505. The standard InChI is InChI=1S/C16H12ClN3O2S2/c17-10-4-1-2-5-11(10)20-8-7-13(15(20)21)24-16-19-18-14(22-16)12-6-3-9-23-12/h1-6,9,13H,7-8H2. The quantitative estimate of drug-likeness (QED) is 0.676. The second-order valence-corrected chi connectivity index (χ2v) is 7.70. The first-order chi connectivity index (χ1) is 11.7. The number of hydrogen-bond donors (Lipinski definition) is 0. The van der Waals surface area contributed by atoms with Crippen molar-refractivity contribution >= 4 is 46.3 Å². The highest BCUT2D eigenvalue weighted by molar-refractivity contribution is 8.00. The van der Waals surface area contributed by atoms with Crippen molar-refractivity contribution in [3.8, 4) is 10.8 Å². The lowest BCUT2D eigenvalue weighted by atomic mass is 10.3. The van der Waals surface area contributed by atoms with Gasteiger partial charge < -0.3 is 9.32 Å². The van der Waals surface area contributed by atoms with Crippen LogP contribution in [-0.4, -0.2) is 27.9 Å². The van der Waals surface area contributed by atoms with Gasteiger partial charge in [-0.05, 0) is 30.0 Å². The molecule has 2 aromatic heterocycles. The third-order valence-electron chi connectivity index (χ3n) is 3.68. The fourth-order valence-electron chi connectivity index (χ4n) is 2.55. The molecule has 0 aliphatic carbocycles. The number of thiophene rings is 1. The van der Waals surface area contributed by atoms with Crippen LogP contribution in [0.2, 0.25) is 5.02 Å². The van der Waals surface area contributed by atoms with Crippen LogP contribution >= 0.6 is 34.7 Å². The third kappa shape index (κ3) is 2.94. The molecule has 1 amide bonds. The van der Waals surface area contributed by atoms with Gasteiger partial charge in [-0.1, -0.05) is 41.6 Å². The number of anilines is 1. The molecule has 1 saturated heterocycles. The van der Waals surface area contributed by atoms with Crippen LogP contribution < -0.4 is 4.90 Å². The first-order valence-corrected chi connectivity index (χ1v) is 9.46. The first-order valence-electron chi connectivity index (χ1n) is 7.32. The predicted octanol–water partition coefficient (Wildman–Crippen LogP) is 4.35. The molecule has 8 heteroatoms. The average molecular weight is 378 g/mol. The first kappa shape index (κ1) is 15.7. The Morgan fingerprint density at radius 1 is 1.25 bits per heavy atom. The number of carbonyl (C=O) groups excluding carboxylic acids is 1. The fourth-order valence-corrected chi connectivity index (χ4v) is 4.34. The minimum Gasteiger partial charge on any atom is -0.410 e. The summed E-state index contributed by atoms with van der Waals surface area (Å²) in [4.78, 5) is 15.3. The van der Waals surface area contributed by atoms with Crippen molar-refractivity contribution in [3.63, 3.8) is 0 Å². The number of aromatic nitrogens is 2. The van der Waals surface area contributed by atoms with Gasteiger partial charge in [0, 0.05) is 6.54 Å². The van der Waals surface area contributed by atoms with Crippen molar-refractivity contribution in [3.05, 3.63) is 46.8 Å². The maximum Gasteiger partial charge on any atom is 0.277 e. The average Bonchev–Trinajstić information content (AvgIpc) is 3.31. The molecule has 4 rings (SSSR count). The molecule has 122 valence electrons. The van der Waals surface area contributed by atoms with Crippen LogP contribution in [0.15, 0.2) is 51.4 Å². The third-order valence-corrected chi connectivity index (χ3v) is 5.95. The lowest BCUT2D eigenvalue weighted by Crippen LogP contribution is -2.28. The Hall–Kier alpha value is -1.83. The monoisotopic (exact) mass is 377 g/mol. The Morgan fingerprint density at radius 2 is 2.12 bits per heavy atom. The van der Waals surface area contributed by atoms with Crippen LogP contribution in [0.1, 0.15) is 6.42 Å². The van der Waals surface area contributed by atoms with Crippen LogP contribution in [0.4, 0.5) is 5.69 Å². The number of carbonyl (C=O) groups is 1. The summed E-state index contributed by atoms with van der Waals surface area (Å²) in [5.41, 5.74) is 0.747. The van der Waals surface area contributed by atoms with Gasteiger partial charge in [0.25, 0.3) is 11.1 Å². The maximum atomic E-state index is 12.7. The van der Waals surface area contributed by atoms with Gasteiger partial charge in [0.1, 0.15) is 0 Å². The number of amides is 1. The largest absolute Gasteiger partial charge is 0.410 e. The van der Waals surface area contributed by atoms with E-state index < -0.39 is 0 Å². The van der Waals surface area contributed by atoms with Gasteiger partial charge in [-0.25, -0.2) is 0 Å². The van der Waals surface area contributed by atoms with Gasteiger partial charge in [0.05, 0.1) is 20.8 Å². The summed E-state index contributed by atoms with van der Waals surface area (Å²) in [5, 5.41) is 10.8. The molecule has 0 spiro atoms. The Labute approximate surface area is 151 Å². The fraction of sp³-hybridized carbons (Fsp3) is 0.188. The van der Waals surface area contributed by atoms with E-state index in [4.69, 9.17) is 16.0 Å². The zero-order valence-corrected chi connectivity index (χ0v) is 14.8. The molecular weight excluding hydrogens is 366 g/mol. The Morgan fingerprint density at radius 3 is 2.92 bits per heavy atom. The Kier molecular flexibility index (Phi) is 4.30. The molecule has 1 aliphatic rings. The van der Waals surface area contributed by atoms with Gasteiger partial charge in [-0.2, -0.15) is 0 Å². The molecule has 1 unspecified atom stereocenters. The van der Waals surface area contributed by atoms with Gasteiger partial charge in [0.15, 0.2) is 0 Å². The molecule has 1 atom stereocenters. The van der Waals surface area contributed by atoms with E-state index in [1.807, 2.05) is 35.7 Å². The summed E-state index contributed by atoms with van der Waals surface area (Å²) >= 11 is 9.05. The lowest BCUT2D eigenvalue weighted by Gasteiger charge is -2.17. The molecule has 0 N–H and O–H groups in total. The normalized spacial score (nSPS) is 17.6. The smallest absolute Gasteiger partial charge is 0.277 e. The van der Waals surface area contributed by atoms with E-state index >= 15 is 0 Å². The number of halogens is 1. The number of thioether (sulfide) groups is 1. The van der Waals surface area contributed by atoms with Gasteiger partial charge in [0.2, 0.25) is 5.91 Å². The van der Waals surface area contributed by atoms with Crippen LogP contribution in [0.25, 0.3) is 10.8 Å². The van der Waals surface area contributed by atoms with E-state index in [-0.39, 0.29) is 11.2 Å². The van der Waals surface area contributed by atoms with E-state index in [0.717, 1.165) is 10.6 Å². The van der Waals surface area contributed by atoms with E-state index in [0.29, 0.717) is 29.1 Å². The predicted molar refractivity (Wildman–Crippen MR) is 95.7 cm³/mol. The molecule has 1 aromatic carbocycles. The van der Waals surface area contributed by atoms with Crippen LogP contribution in [0.3, 0.4) is 0 Å². The van der Waals surface area contributed by atoms with E-state index in [2.05, 4.69) is 10.2 Å². The highest BCUT2D eigenvalue weighted by Gasteiger charge is 2.35. The summed E-state index contributed by atoms with van der Waals surface area (Å²) in [6.07, 6.45) is 0.714. The summed E-state index contributed by atoms with van der Waals surface area (Å²) < 4.78 is 5.66. The summed E-state index contributed by atoms with van der Waals surface area (Å²) in [7, 11) is 0. The number of benzene rings is 1. The van der Waals surface area contributed by atoms with Crippen molar-refractivity contribution in [2.75, 3.05) is 11.4 Å². The van der Waals surface area contributed by atoms with Crippen molar-refractivity contribution in [1.82, 2.24) is 10.2 Å². The number of para-hydroxylation sites is 1. The molecule has 3 heterocycles. The zero-order valence-electron chi connectivity index (χ0n) is 12.4. The minimum absolute atomic E-state index is 0.0176. The van der Waals surface area contributed by atoms with Crippen LogP contribution in [-0.2, 0) is 4.79 Å². The van der Waals surface area contributed by atoms with Gasteiger partial charge >= 0.3 is 0 Å².